The van der Waals surface area contributed by atoms with Gasteiger partial charge in [-0.25, -0.2) is 0 Å². The van der Waals surface area contributed by atoms with Crippen LogP contribution in [-0.4, -0.2) is 25.2 Å². The second-order valence-corrected chi connectivity index (χ2v) is 5.43. The molecule has 0 unspecified atom stereocenters. The average molecular weight is 289 g/mol. The number of aliphatic hydroxyl groups is 1. The molecule has 3 nitrogen and oxygen atoms in total. The van der Waals surface area contributed by atoms with Crippen molar-refractivity contribution in [1.82, 2.24) is 0 Å². The third-order valence-corrected chi connectivity index (χ3v) is 3.99. The van der Waals surface area contributed by atoms with Gasteiger partial charge in [0.05, 0.1) is 18.0 Å². The molecule has 0 saturated heterocycles. The predicted octanol–water partition coefficient (Wildman–Crippen LogP) is 3.42. The van der Waals surface area contributed by atoms with Gasteiger partial charge in [0.25, 0.3) is 0 Å². The molecule has 0 bridgehead atoms. The first-order valence-corrected chi connectivity index (χ1v) is 7.05. The summed E-state index contributed by atoms with van der Waals surface area (Å²) in [6.45, 7) is 1.83. The van der Waals surface area contributed by atoms with E-state index in [-0.39, 0.29) is 6.61 Å². The zero-order valence-corrected chi connectivity index (χ0v) is 12.1. The van der Waals surface area contributed by atoms with Gasteiger partial charge in [0.2, 0.25) is 0 Å². The Hall–Kier alpha value is -1.71. The van der Waals surface area contributed by atoms with Crippen LogP contribution >= 0.6 is 11.6 Å². The lowest BCUT2D eigenvalue weighted by Gasteiger charge is -2.37. The first kappa shape index (κ1) is 13.3. The molecule has 0 saturated carbocycles. The van der Waals surface area contributed by atoms with Crippen molar-refractivity contribution in [2.75, 3.05) is 29.9 Å². The minimum absolute atomic E-state index is 0.0149. The van der Waals surface area contributed by atoms with E-state index in [4.69, 9.17) is 11.6 Å². The van der Waals surface area contributed by atoms with Crippen molar-refractivity contribution in [3.63, 3.8) is 0 Å². The molecule has 3 rings (SSSR count). The van der Waals surface area contributed by atoms with E-state index < -0.39 is 0 Å². The number of anilines is 3. The Morgan fingerprint density at radius 3 is 2.55 bits per heavy atom. The van der Waals surface area contributed by atoms with E-state index in [0.29, 0.717) is 5.02 Å². The number of nitrogens with zero attached hydrogens (tertiary/aromatic N) is 2. The number of aliphatic hydroxyl groups excluding tert-OH is 1. The molecule has 0 fully saturated rings. The highest BCUT2D eigenvalue weighted by Gasteiger charge is 2.22. The molecule has 1 aliphatic heterocycles. The van der Waals surface area contributed by atoms with Gasteiger partial charge in [0.1, 0.15) is 0 Å². The number of hydrogen-bond donors (Lipinski definition) is 1. The fraction of sp³-hybridized carbons (Fsp3) is 0.250. The zero-order chi connectivity index (χ0) is 14.1. The number of rotatable bonds is 2. The molecule has 0 spiro atoms. The molecule has 0 aromatic heterocycles. The second-order valence-electron chi connectivity index (χ2n) is 4.99. The summed E-state index contributed by atoms with van der Waals surface area (Å²) in [7, 11) is 2.10. The van der Waals surface area contributed by atoms with Crippen molar-refractivity contribution >= 4 is 28.7 Å². The van der Waals surface area contributed by atoms with Gasteiger partial charge in [-0.05, 0) is 24.3 Å². The van der Waals surface area contributed by atoms with Gasteiger partial charge < -0.3 is 14.9 Å². The Morgan fingerprint density at radius 1 is 1.05 bits per heavy atom. The summed E-state index contributed by atoms with van der Waals surface area (Å²) < 4.78 is 0. The van der Waals surface area contributed by atoms with Crippen molar-refractivity contribution in [1.29, 1.82) is 0 Å². The molecule has 1 heterocycles. The quantitative estimate of drug-likeness (QED) is 0.917. The molecule has 104 valence electrons. The summed E-state index contributed by atoms with van der Waals surface area (Å²) in [6, 6.07) is 13.9. The van der Waals surface area contributed by atoms with Crippen LogP contribution in [0.2, 0.25) is 5.02 Å². The van der Waals surface area contributed by atoms with E-state index in [1.807, 2.05) is 30.3 Å². The molecule has 1 N–H and O–H groups in total. The highest BCUT2D eigenvalue weighted by molar-refractivity contribution is 6.30. The number of benzene rings is 2. The monoisotopic (exact) mass is 288 g/mol. The molecule has 1 aliphatic rings. The van der Waals surface area contributed by atoms with Crippen molar-refractivity contribution in [2.45, 2.75) is 6.61 Å². The van der Waals surface area contributed by atoms with Crippen LogP contribution in [0.15, 0.2) is 42.5 Å². The number of fused-ring (bicyclic) bond motifs is 1. The molecule has 0 amide bonds. The number of para-hydroxylation sites is 2. The average Bonchev–Trinajstić information content (AvgIpc) is 2.48. The standard InChI is InChI=1S/C16H17ClN2O/c1-18-8-9-19(15-5-3-2-4-14(15)18)16-10-13(17)7-6-12(16)11-20/h2-7,10,20H,8-9,11H2,1H3. The maximum absolute atomic E-state index is 9.56. The molecule has 4 heteroatoms. The Balaban J connectivity index is 2.12. The van der Waals surface area contributed by atoms with Crippen LogP contribution in [0.1, 0.15) is 5.56 Å². The van der Waals surface area contributed by atoms with E-state index in [2.05, 4.69) is 29.0 Å². The summed E-state index contributed by atoms with van der Waals surface area (Å²) in [4.78, 5) is 4.47. The van der Waals surface area contributed by atoms with Crippen molar-refractivity contribution in [2.24, 2.45) is 0 Å². The van der Waals surface area contributed by atoms with Gasteiger partial charge in [0, 0.05) is 36.4 Å². The van der Waals surface area contributed by atoms with Crippen LogP contribution in [0.4, 0.5) is 17.1 Å². The SMILES string of the molecule is CN1CCN(c2cc(Cl)ccc2CO)c2ccccc21. The summed E-state index contributed by atoms with van der Waals surface area (Å²) >= 11 is 6.13. The summed E-state index contributed by atoms with van der Waals surface area (Å²) in [5, 5.41) is 10.2. The smallest absolute Gasteiger partial charge is 0.0702 e. The van der Waals surface area contributed by atoms with Gasteiger partial charge in [-0.3, -0.25) is 0 Å². The molecular formula is C16H17ClN2O. The lowest BCUT2D eigenvalue weighted by molar-refractivity contribution is 0.282. The van der Waals surface area contributed by atoms with Crippen LogP contribution < -0.4 is 9.80 Å². The molecular weight excluding hydrogens is 272 g/mol. The maximum atomic E-state index is 9.56. The van der Waals surface area contributed by atoms with E-state index >= 15 is 0 Å². The van der Waals surface area contributed by atoms with Gasteiger partial charge >= 0.3 is 0 Å². The summed E-state index contributed by atoms with van der Waals surface area (Å²) in [5.74, 6) is 0. The number of likely N-dealkylation sites (N-methyl/N-ethyl adjacent to an activating group) is 1. The van der Waals surface area contributed by atoms with Crippen LogP contribution in [0, 0.1) is 0 Å². The third kappa shape index (κ3) is 2.23. The van der Waals surface area contributed by atoms with Crippen LogP contribution in [0.3, 0.4) is 0 Å². The van der Waals surface area contributed by atoms with E-state index in [1.165, 1.54) is 5.69 Å². The molecule has 0 atom stereocenters. The number of halogens is 1. The highest BCUT2D eigenvalue weighted by atomic mass is 35.5. The zero-order valence-electron chi connectivity index (χ0n) is 11.4. The fourth-order valence-electron chi connectivity index (χ4n) is 2.68. The molecule has 2 aromatic rings. The third-order valence-electron chi connectivity index (χ3n) is 3.75. The van der Waals surface area contributed by atoms with Crippen molar-refractivity contribution < 1.29 is 5.11 Å². The van der Waals surface area contributed by atoms with Crippen LogP contribution in [-0.2, 0) is 6.61 Å². The fourth-order valence-corrected chi connectivity index (χ4v) is 2.84. The van der Waals surface area contributed by atoms with Gasteiger partial charge in [-0.15, -0.1) is 0 Å². The predicted molar refractivity (Wildman–Crippen MR) is 84.1 cm³/mol. The largest absolute Gasteiger partial charge is 0.392 e. The minimum Gasteiger partial charge on any atom is -0.392 e. The topological polar surface area (TPSA) is 26.7 Å². The van der Waals surface area contributed by atoms with Crippen LogP contribution in [0.25, 0.3) is 0 Å². The molecule has 20 heavy (non-hydrogen) atoms. The van der Waals surface area contributed by atoms with E-state index in [9.17, 15) is 5.11 Å². The van der Waals surface area contributed by atoms with Crippen molar-refractivity contribution in [3.05, 3.63) is 53.1 Å². The lowest BCUT2D eigenvalue weighted by atomic mass is 10.1. The Morgan fingerprint density at radius 2 is 1.80 bits per heavy atom. The second kappa shape index (κ2) is 5.35. The van der Waals surface area contributed by atoms with E-state index in [0.717, 1.165) is 30.0 Å². The Kier molecular flexibility index (Phi) is 3.55. The Bertz CT molecular complexity index is 630. The van der Waals surface area contributed by atoms with Crippen LogP contribution in [0.5, 0.6) is 0 Å². The van der Waals surface area contributed by atoms with Gasteiger partial charge in [0.15, 0.2) is 0 Å². The normalized spacial score (nSPS) is 14.3. The summed E-state index contributed by atoms with van der Waals surface area (Å²) in [5.41, 5.74) is 4.23. The molecule has 0 aliphatic carbocycles. The maximum Gasteiger partial charge on any atom is 0.0702 e. The number of hydrogen-bond acceptors (Lipinski definition) is 3. The highest BCUT2D eigenvalue weighted by Crippen LogP contribution is 2.39. The summed E-state index contributed by atoms with van der Waals surface area (Å²) in [6.07, 6.45) is 0. The minimum atomic E-state index is 0.0149. The van der Waals surface area contributed by atoms with Gasteiger partial charge in [-0.1, -0.05) is 29.8 Å². The molecule has 0 radical (unpaired) electrons. The lowest BCUT2D eigenvalue weighted by Crippen LogP contribution is -2.36. The first-order valence-electron chi connectivity index (χ1n) is 6.67. The van der Waals surface area contributed by atoms with E-state index in [1.54, 1.807) is 0 Å². The van der Waals surface area contributed by atoms with Gasteiger partial charge in [-0.2, -0.15) is 0 Å². The Labute approximate surface area is 124 Å². The molecule has 2 aromatic carbocycles. The van der Waals surface area contributed by atoms with Crippen molar-refractivity contribution in [3.8, 4) is 0 Å². The first-order chi connectivity index (χ1) is 9.70.